The van der Waals surface area contributed by atoms with Crippen molar-refractivity contribution < 1.29 is 33.5 Å². The Morgan fingerprint density at radius 2 is 1.72 bits per heavy atom. The van der Waals surface area contributed by atoms with E-state index in [1.807, 2.05) is 13.8 Å². The molecule has 1 aliphatic carbocycles. The van der Waals surface area contributed by atoms with Crippen LogP contribution in [0.1, 0.15) is 55.5 Å². The zero-order valence-electron chi connectivity index (χ0n) is 25.9. The molecular formula is C36H38ClFN2O6. The van der Waals surface area contributed by atoms with Crippen molar-refractivity contribution in [2.45, 2.75) is 52.1 Å². The zero-order valence-corrected chi connectivity index (χ0v) is 26.7. The Morgan fingerprint density at radius 1 is 1.04 bits per heavy atom. The number of likely N-dealkylation sites (tertiary alicyclic amines) is 1. The maximum atomic E-state index is 13.7. The van der Waals surface area contributed by atoms with Crippen molar-refractivity contribution in [1.29, 1.82) is 0 Å². The van der Waals surface area contributed by atoms with Crippen molar-refractivity contribution in [1.82, 2.24) is 4.98 Å². The maximum absolute atomic E-state index is 13.7. The average Bonchev–Trinajstić information content (AvgIpc) is 3.61. The molecule has 242 valence electrons. The lowest BCUT2D eigenvalue weighted by Crippen LogP contribution is -3.12. The molecule has 46 heavy (non-hydrogen) atoms. The second-order valence-corrected chi connectivity index (χ2v) is 12.2. The summed E-state index contributed by atoms with van der Waals surface area (Å²) in [5.74, 6) is 1.83. The molecule has 4 aromatic rings. The lowest BCUT2D eigenvalue weighted by Gasteiger charge is -2.23. The van der Waals surface area contributed by atoms with E-state index in [-0.39, 0.29) is 28.5 Å². The number of Topliss-reactive ketones (excluding diaryl/α,β-unsaturated/α-hetero) is 1. The molecule has 2 unspecified atom stereocenters. The third kappa shape index (κ3) is 7.11. The number of nitrogens with one attached hydrogen (secondary N) is 2. The molecule has 3 aromatic carbocycles. The van der Waals surface area contributed by atoms with E-state index in [9.17, 15) is 14.0 Å². The van der Waals surface area contributed by atoms with E-state index in [0.717, 1.165) is 60.5 Å². The quantitative estimate of drug-likeness (QED) is 0.192. The molecule has 2 heterocycles. The van der Waals surface area contributed by atoms with Gasteiger partial charge in [-0.25, -0.2) is 4.39 Å². The Balaban J connectivity index is 0.00000134. The van der Waals surface area contributed by atoms with Crippen molar-refractivity contribution in [3.05, 3.63) is 93.0 Å². The Bertz CT molecular complexity index is 1730. The highest BCUT2D eigenvalue weighted by molar-refractivity contribution is 6.31. The summed E-state index contributed by atoms with van der Waals surface area (Å²) in [5, 5.41) is 9.28. The summed E-state index contributed by atoms with van der Waals surface area (Å²) in [4.78, 5) is 39.3. The molecule has 0 bridgehead atoms. The molecule has 2 aliphatic rings. The third-order valence-corrected chi connectivity index (χ3v) is 9.41. The van der Waals surface area contributed by atoms with E-state index in [2.05, 4.69) is 17.1 Å². The number of ether oxygens (including phenoxy) is 2. The number of pyridine rings is 1. The highest BCUT2D eigenvalue weighted by Gasteiger charge is 2.47. The summed E-state index contributed by atoms with van der Waals surface area (Å²) in [6, 6.07) is 16.1. The molecular weight excluding hydrogens is 611 g/mol. The summed E-state index contributed by atoms with van der Waals surface area (Å²) in [7, 11) is 0. The monoisotopic (exact) mass is 648 g/mol. The van der Waals surface area contributed by atoms with Crippen molar-refractivity contribution in [3.63, 3.8) is 0 Å². The van der Waals surface area contributed by atoms with Crippen molar-refractivity contribution >= 4 is 34.8 Å². The molecule has 0 radical (unpaired) electrons. The van der Waals surface area contributed by atoms with Gasteiger partial charge >= 0.3 is 0 Å². The second-order valence-electron chi connectivity index (χ2n) is 11.8. The molecule has 8 nitrogen and oxygen atoms in total. The van der Waals surface area contributed by atoms with Crippen molar-refractivity contribution in [3.8, 4) is 22.6 Å². The number of quaternary nitrogens is 1. The van der Waals surface area contributed by atoms with E-state index in [0.29, 0.717) is 47.5 Å². The van der Waals surface area contributed by atoms with Gasteiger partial charge in [-0.1, -0.05) is 23.7 Å². The van der Waals surface area contributed by atoms with Gasteiger partial charge in [0.1, 0.15) is 23.9 Å². The third-order valence-electron chi connectivity index (χ3n) is 9.17. The summed E-state index contributed by atoms with van der Waals surface area (Å²) < 4.78 is 25.8. The molecule has 4 atom stereocenters. The number of hydrogen-bond acceptors (Lipinski definition) is 6. The fourth-order valence-corrected chi connectivity index (χ4v) is 7.47. The number of benzene rings is 3. The molecule has 0 amide bonds. The highest BCUT2D eigenvalue weighted by atomic mass is 35.5. The standard InChI is InChI=1S/C35H36ClFN2O4.CH2O2/c1-3-42-32-15-21(16-33(43-4-2)34(32)22-5-9-25(37)10-6-22)20-39-14-13-26-23(7-12-30(26)39)17-31(40)28-19-38-29-18-24(36)8-11-27(29)35(28)41;2-1-3/h5-6,8-11,15-16,18-19,23,26,30H,3-4,7,12-14,17,20H2,1-2H3,(H,38,41);1H,(H,2,3)/t23?,26-,30+;/m0./s1. The van der Waals surface area contributed by atoms with Gasteiger partial charge in [0.2, 0.25) is 0 Å². The van der Waals surface area contributed by atoms with Gasteiger partial charge in [-0.3, -0.25) is 9.59 Å². The van der Waals surface area contributed by atoms with Crippen LogP contribution in [-0.4, -0.2) is 43.0 Å². The van der Waals surface area contributed by atoms with Crippen molar-refractivity contribution in [2.75, 3.05) is 19.8 Å². The first kappa shape index (κ1) is 33.2. The number of ketones is 1. The molecule has 0 spiro atoms. The molecule has 2 fully saturated rings. The van der Waals surface area contributed by atoms with Crippen LogP contribution in [-0.2, 0) is 11.3 Å². The molecule has 1 saturated heterocycles. The van der Waals surface area contributed by atoms with Gasteiger partial charge in [0.05, 0.1) is 42.4 Å². The topological polar surface area (TPSA) is 113 Å². The van der Waals surface area contributed by atoms with E-state index in [1.54, 1.807) is 36.5 Å². The van der Waals surface area contributed by atoms with E-state index in [4.69, 9.17) is 31.0 Å². The minimum atomic E-state index is -0.500. The van der Waals surface area contributed by atoms with Gasteiger partial charge in [-0.15, -0.1) is 0 Å². The number of carboxylic acid groups (broad SMARTS) is 1. The lowest BCUT2D eigenvalue weighted by atomic mass is 9.87. The van der Waals surface area contributed by atoms with Gasteiger partial charge < -0.3 is 29.3 Å². The largest absolute Gasteiger partial charge is 0.554 e. The van der Waals surface area contributed by atoms with Crippen LogP contribution in [0.15, 0.2) is 65.6 Å². The summed E-state index contributed by atoms with van der Waals surface area (Å²) in [6.45, 7) is 6.30. The first-order valence-electron chi connectivity index (χ1n) is 15.7. The van der Waals surface area contributed by atoms with Crippen LogP contribution >= 0.6 is 11.6 Å². The lowest BCUT2D eigenvalue weighted by molar-refractivity contribution is -0.927. The predicted octanol–water partition coefficient (Wildman–Crippen LogP) is 4.61. The van der Waals surface area contributed by atoms with Crippen LogP contribution in [0.2, 0.25) is 5.02 Å². The van der Waals surface area contributed by atoms with Gasteiger partial charge in [0.25, 0.3) is 0 Å². The smallest absolute Gasteiger partial charge is 0.200 e. The van der Waals surface area contributed by atoms with E-state index >= 15 is 0 Å². The highest BCUT2D eigenvalue weighted by Crippen LogP contribution is 2.41. The number of H-pyrrole nitrogens is 1. The zero-order chi connectivity index (χ0) is 32.8. The van der Waals surface area contributed by atoms with Gasteiger partial charge in [-0.2, -0.15) is 0 Å². The number of aromatic amines is 1. The van der Waals surface area contributed by atoms with Gasteiger partial charge in [0, 0.05) is 47.4 Å². The number of halogens is 2. The van der Waals surface area contributed by atoms with Crippen LogP contribution in [0.4, 0.5) is 4.39 Å². The average molecular weight is 649 g/mol. The van der Waals surface area contributed by atoms with Gasteiger partial charge in [-0.05, 0) is 80.6 Å². The molecule has 1 saturated carbocycles. The number of rotatable bonds is 10. The molecule has 6 rings (SSSR count). The maximum Gasteiger partial charge on any atom is 0.200 e. The van der Waals surface area contributed by atoms with Crippen molar-refractivity contribution in [2.24, 2.45) is 11.8 Å². The summed E-state index contributed by atoms with van der Waals surface area (Å²) in [5.41, 5.74) is 3.46. The molecule has 1 aromatic heterocycles. The Morgan fingerprint density at radius 3 is 2.37 bits per heavy atom. The normalized spacial score (nSPS) is 20.1. The minimum Gasteiger partial charge on any atom is -0.554 e. The molecule has 2 N–H and O–H groups in total. The fraction of sp³-hybridized carbons (Fsp3) is 0.361. The van der Waals surface area contributed by atoms with E-state index < -0.39 is 6.47 Å². The number of aromatic nitrogens is 1. The predicted molar refractivity (Wildman–Crippen MR) is 173 cm³/mol. The summed E-state index contributed by atoms with van der Waals surface area (Å²) >= 11 is 6.07. The molecule has 1 aliphatic heterocycles. The number of fused-ring (bicyclic) bond motifs is 2. The van der Waals surface area contributed by atoms with Crippen LogP contribution in [0, 0.1) is 17.7 Å². The first-order chi connectivity index (χ1) is 22.3. The Labute approximate surface area is 272 Å². The fourth-order valence-electron chi connectivity index (χ4n) is 7.30. The van der Waals surface area contributed by atoms with Crippen LogP contribution in [0.5, 0.6) is 11.5 Å². The van der Waals surface area contributed by atoms with E-state index in [1.165, 1.54) is 17.0 Å². The first-order valence-corrected chi connectivity index (χ1v) is 16.1. The summed E-state index contributed by atoms with van der Waals surface area (Å²) in [6.07, 6.45) is 5.06. The minimum absolute atomic E-state index is 0.0868. The van der Waals surface area contributed by atoms with Crippen LogP contribution < -0.4 is 24.9 Å². The second kappa shape index (κ2) is 14.9. The SMILES string of the molecule is CCOc1cc(C[NH+]2CC[C@H]3C(CC(=O)c4c[nH]c5cc(Cl)ccc5c4=O)CC[C@H]32)cc(OCC)c1-c1ccc(F)cc1.O=C[O-]. The number of carbonyl (C=O) groups excluding carboxylic acids is 2. The molecule has 10 heteroatoms. The Hall–Kier alpha value is -4.21. The van der Waals surface area contributed by atoms with Gasteiger partial charge in [0.15, 0.2) is 11.2 Å². The Kier molecular flexibility index (Phi) is 10.8. The number of carbonyl (C=O) groups is 2. The van der Waals surface area contributed by atoms with Crippen LogP contribution in [0.3, 0.4) is 0 Å². The number of hydrogen-bond donors (Lipinski definition) is 2. The van der Waals surface area contributed by atoms with Crippen LogP contribution in [0.25, 0.3) is 22.0 Å².